The molecular weight excluding hydrogens is 1090 g/mol. The highest BCUT2D eigenvalue weighted by molar-refractivity contribution is 14.1. The number of carbonyl (C=O) groups excluding carboxylic acids is 1. The number of alkyl halides is 2. The van der Waals surface area contributed by atoms with Crippen molar-refractivity contribution < 1.29 is 72.7 Å². The number of rotatable bonds is 16. The lowest BCUT2D eigenvalue weighted by Crippen LogP contribution is -2.66. The zero-order chi connectivity index (χ0) is 55.5. The van der Waals surface area contributed by atoms with E-state index in [1.165, 1.54) is 25.8 Å². The van der Waals surface area contributed by atoms with Crippen LogP contribution in [-0.4, -0.2) is 187 Å². The third-order valence-electron chi connectivity index (χ3n) is 16.8. The number of cyclic esters (lactones) is 1. The first-order valence-electron chi connectivity index (χ1n) is 26.2. The van der Waals surface area contributed by atoms with Gasteiger partial charge in [-0.05, 0) is 100 Å². The van der Waals surface area contributed by atoms with Gasteiger partial charge in [-0.3, -0.25) is 4.79 Å². The summed E-state index contributed by atoms with van der Waals surface area (Å²) in [5.41, 5.74) is -1.44. The fourth-order valence-electron chi connectivity index (χ4n) is 12.1. The van der Waals surface area contributed by atoms with Crippen LogP contribution in [0.15, 0.2) is 35.6 Å². The van der Waals surface area contributed by atoms with Gasteiger partial charge in [0, 0.05) is 83.3 Å². The Hall–Kier alpha value is -2.85. The molecular formula is C53H84FIN6O14. The number of benzene rings is 1. The largest absolute Gasteiger partial charge is 0.448 e. The average molecular weight is 1180 g/mol. The minimum absolute atomic E-state index is 0.0599. The van der Waals surface area contributed by atoms with Crippen molar-refractivity contribution in [3.05, 3.63) is 47.3 Å². The molecule has 3 fully saturated rings. The van der Waals surface area contributed by atoms with E-state index in [4.69, 9.17) is 38.0 Å². The number of ether oxygens (including phenoxy) is 7. The van der Waals surface area contributed by atoms with Crippen LogP contribution in [0.3, 0.4) is 0 Å². The van der Waals surface area contributed by atoms with Crippen LogP contribution in [0.25, 0.3) is 0 Å². The van der Waals surface area contributed by atoms with E-state index in [1.807, 2.05) is 59.0 Å². The number of oxime groups is 1. The van der Waals surface area contributed by atoms with Gasteiger partial charge in [0.2, 0.25) is 0 Å². The first kappa shape index (κ1) is 61.4. The molecule has 2 unspecified atom stereocenters. The molecule has 4 aliphatic heterocycles. The zero-order valence-corrected chi connectivity index (χ0v) is 48.0. The maximum Gasteiger partial charge on any atom is 0.310 e. The van der Waals surface area contributed by atoms with Gasteiger partial charge < -0.3 is 73.8 Å². The van der Waals surface area contributed by atoms with E-state index in [-0.39, 0.29) is 43.4 Å². The second kappa shape index (κ2) is 25.1. The highest BCUT2D eigenvalue weighted by Gasteiger charge is 2.61. The first-order valence-corrected chi connectivity index (χ1v) is 27.4. The lowest BCUT2D eigenvalue weighted by atomic mass is 9.66. The second-order valence-corrected chi connectivity index (χ2v) is 23.5. The summed E-state index contributed by atoms with van der Waals surface area (Å²) in [5, 5.41) is 79.3. The summed E-state index contributed by atoms with van der Waals surface area (Å²) in [5.74, 6) is -7.41. The fourth-order valence-corrected chi connectivity index (χ4v) is 12.7. The third kappa shape index (κ3) is 13.3. The van der Waals surface area contributed by atoms with Crippen LogP contribution in [0.1, 0.15) is 123 Å². The Balaban J connectivity index is 1.26. The zero-order valence-electron chi connectivity index (χ0n) is 45.9. The van der Waals surface area contributed by atoms with Crippen LogP contribution < -0.4 is 0 Å². The van der Waals surface area contributed by atoms with Gasteiger partial charge in [-0.1, -0.05) is 62.3 Å². The number of halogens is 2. The molecule has 20 nitrogen and oxygen atoms in total. The van der Waals surface area contributed by atoms with Gasteiger partial charge >= 0.3 is 5.97 Å². The van der Waals surface area contributed by atoms with Gasteiger partial charge in [-0.15, -0.1) is 5.10 Å². The molecule has 0 bridgehead atoms. The minimum Gasteiger partial charge on any atom is -0.448 e. The Morgan fingerprint density at radius 1 is 0.987 bits per heavy atom. The van der Waals surface area contributed by atoms with Crippen molar-refractivity contribution in [1.82, 2.24) is 19.9 Å². The highest BCUT2D eigenvalue weighted by Crippen LogP contribution is 2.50. The van der Waals surface area contributed by atoms with Crippen molar-refractivity contribution in [3.8, 4) is 0 Å². The molecule has 4 aliphatic rings. The maximum absolute atomic E-state index is 14.9. The summed E-state index contributed by atoms with van der Waals surface area (Å²) >= 11 is 1.78. The number of methoxy groups -OCH3 is 3. The van der Waals surface area contributed by atoms with Crippen LogP contribution in [0.5, 0.6) is 0 Å². The molecule has 0 spiro atoms. The van der Waals surface area contributed by atoms with E-state index in [9.17, 15) is 40.1 Å². The number of esters is 1. The van der Waals surface area contributed by atoms with E-state index < -0.39 is 112 Å². The summed E-state index contributed by atoms with van der Waals surface area (Å²) in [6, 6.07) is 6.61. The molecule has 5 heterocycles. The average Bonchev–Trinajstić information content (AvgIpc) is 4.07. The lowest BCUT2D eigenvalue weighted by Gasteiger charge is -2.55. The molecule has 1 aromatic heterocycles. The molecule has 0 saturated carbocycles. The smallest absolute Gasteiger partial charge is 0.310 e. The van der Waals surface area contributed by atoms with Crippen LogP contribution >= 0.6 is 22.6 Å². The normalized spacial score (nSPS) is 40.4. The molecule has 424 valence electrons. The van der Waals surface area contributed by atoms with E-state index >= 15 is 0 Å². The molecule has 3 saturated heterocycles. The van der Waals surface area contributed by atoms with E-state index in [0.29, 0.717) is 37.9 Å². The Morgan fingerprint density at radius 2 is 1.65 bits per heavy atom. The molecule has 1 aromatic carbocycles. The Kier molecular flexibility index (Phi) is 20.5. The Labute approximate surface area is 454 Å². The molecule has 0 radical (unpaired) electrons. The van der Waals surface area contributed by atoms with Gasteiger partial charge in [0.25, 0.3) is 0 Å². The number of nitrogens with zero attached hydrogens (tertiary/aromatic N) is 5. The van der Waals surface area contributed by atoms with Gasteiger partial charge in [0.05, 0.1) is 59.5 Å². The fraction of sp³-hybridized carbons (Fsp3) is 0.792. The summed E-state index contributed by atoms with van der Waals surface area (Å²) in [4.78, 5) is 22.0. The number of aromatic nitrogens is 3. The molecule has 0 amide bonds. The molecule has 2 aromatic rings. The third-order valence-corrected chi connectivity index (χ3v) is 18.3. The molecule has 75 heavy (non-hydrogen) atoms. The molecule has 0 aliphatic carbocycles. The number of aliphatic hydroxyl groups excluding tert-OH is 3. The Bertz CT molecular complexity index is 2250. The SMILES string of the molecule is CO[C@H](c1ccc(C2=NO[C@H](CO)C2)cc1)[C@@H](CF)n1cc(CCN(C)[C@@H]2C[C@H](O[C@@H]3[C@@H](C)C(C4(O)C[C@@](C)(OC)[C@@H](O)[C@H](C)O4)[C@@H](C)C(=O)O[C@H](I)[C@@](C)(O)[C@H](O)[C@@H](C)C(=N)[C@H](C)C[C@@]3(C)OC)O[C@H](C)C2)nn1. The number of likely N-dealkylation sites (N-methyl/N-ethyl adjacent to an activating group) is 1. The van der Waals surface area contributed by atoms with E-state index in [2.05, 4.69) is 20.4 Å². The summed E-state index contributed by atoms with van der Waals surface area (Å²) < 4.78 is 59.5. The number of hydrogen-bond donors (Lipinski definition) is 6. The van der Waals surface area contributed by atoms with Crippen LogP contribution in [0.4, 0.5) is 4.39 Å². The summed E-state index contributed by atoms with van der Waals surface area (Å²) in [6.45, 7) is 15.1. The molecule has 22 heteroatoms. The van der Waals surface area contributed by atoms with Crippen LogP contribution in [0.2, 0.25) is 0 Å². The van der Waals surface area contributed by atoms with Crippen molar-refractivity contribution >= 4 is 40.0 Å². The number of carbonyl (C=O) groups is 1. The predicted octanol–water partition coefficient (Wildman–Crippen LogP) is 5.08. The maximum atomic E-state index is 14.9. The van der Waals surface area contributed by atoms with Gasteiger partial charge in [-0.2, -0.15) is 0 Å². The lowest BCUT2D eigenvalue weighted by molar-refractivity contribution is -0.358. The van der Waals surface area contributed by atoms with Gasteiger partial charge in [0.15, 0.2) is 22.3 Å². The van der Waals surface area contributed by atoms with E-state index in [0.717, 1.165) is 16.8 Å². The number of hydrogen-bond acceptors (Lipinski definition) is 19. The van der Waals surface area contributed by atoms with Crippen molar-refractivity contribution in [3.63, 3.8) is 0 Å². The second-order valence-electron chi connectivity index (χ2n) is 22.4. The van der Waals surface area contributed by atoms with Gasteiger partial charge in [0.1, 0.15) is 30.5 Å². The van der Waals surface area contributed by atoms with Crippen LogP contribution in [-0.2, 0) is 49.2 Å². The van der Waals surface area contributed by atoms with E-state index in [1.54, 1.807) is 63.6 Å². The number of aliphatic hydroxyl groups is 5. The van der Waals surface area contributed by atoms with Crippen molar-refractivity contribution in [1.29, 1.82) is 5.41 Å². The Morgan fingerprint density at radius 3 is 2.25 bits per heavy atom. The molecule has 6 rings (SSSR count). The summed E-state index contributed by atoms with van der Waals surface area (Å²) in [7, 11) is 6.52. The highest BCUT2D eigenvalue weighted by atomic mass is 127. The standard InChI is InChI=1S/C53H84FIN6O14/c1-28-23-50(7,69-12)47(30(3)42(53(67)27-51(8,70-13)46(64)33(6)74-53)31(4)48(65)73-49(55)52(9,66)45(63)32(5)43(28)56)72-41-21-37(20-29(2)71-41)60(10)19-18-36-25-61(59-57-36)40(24-54)44(68-11)35-16-14-34(15-17-35)39-22-38(26-62)75-58-39/h14-17,25,28-33,37-38,40-42,44-47,49,56,62-64,66-67H,18-24,26-27H2,1-13H3/t28-,29-,30+,31-,32+,33+,37+,38+,40-,41+,42?,44-,45-,46+,47-,49+,50-,51-,52+,53?/m1/s1. The number of nitrogens with one attached hydrogen (secondary N) is 1. The topological polar surface area (TPSA) is 262 Å². The molecule has 6 N–H and O–H groups in total. The van der Waals surface area contributed by atoms with Crippen molar-refractivity contribution in [2.75, 3.05) is 48.2 Å². The predicted molar refractivity (Wildman–Crippen MR) is 283 cm³/mol. The van der Waals surface area contributed by atoms with Crippen LogP contribution in [0, 0.1) is 35.0 Å². The van der Waals surface area contributed by atoms with Crippen molar-refractivity contribution in [2.24, 2.45) is 34.7 Å². The quantitative estimate of drug-likeness (QED) is 0.0727. The summed E-state index contributed by atoms with van der Waals surface area (Å²) in [6.07, 6.45) is -2.98. The monoisotopic (exact) mass is 1170 g/mol. The molecule has 20 atom stereocenters. The van der Waals surface area contributed by atoms with Crippen molar-refractivity contribution in [2.45, 2.75) is 189 Å². The first-order chi connectivity index (χ1) is 35.2. The van der Waals surface area contributed by atoms with Gasteiger partial charge in [-0.25, -0.2) is 9.07 Å². The minimum atomic E-state index is -2.14.